The lowest BCUT2D eigenvalue weighted by Gasteiger charge is -2.29. The Morgan fingerprint density at radius 1 is 1.41 bits per heavy atom. The van der Waals surface area contributed by atoms with Crippen molar-refractivity contribution in [2.45, 2.75) is 25.6 Å². The minimum atomic E-state index is -4.51. The van der Waals surface area contributed by atoms with E-state index in [4.69, 9.17) is 5.11 Å². The zero-order chi connectivity index (χ0) is 13.3. The molecule has 0 fully saturated rings. The van der Waals surface area contributed by atoms with E-state index in [1.54, 1.807) is 0 Å². The molecule has 0 saturated heterocycles. The number of rotatable bonds is 3. The Bertz CT molecular complexity index is 430. The monoisotopic (exact) mass is 248 g/mol. The first-order valence-electron chi connectivity index (χ1n) is 4.68. The van der Waals surface area contributed by atoms with E-state index < -0.39 is 17.7 Å². The summed E-state index contributed by atoms with van der Waals surface area (Å²) >= 11 is 0. The molecule has 4 nitrogen and oxygen atoms in total. The molecule has 0 saturated carbocycles. The van der Waals surface area contributed by atoms with Gasteiger partial charge in [0.1, 0.15) is 16.9 Å². The summed E-state index contributed by atoms with van der Waals surface area (Å²) in [5.74, 6) is -1.64. The number of anilines is 1. The minimum Gasteiger partial charge on any atom is -0.478 e. The molecule has 94 valence electrons. The first-order valence-corrected chi connectivity index (χ1v) is 4.68. The second-order valence-electron chi connectivity index (χ2n) is 3.95. The summed E-state index contributed by atoms with van der Waals surface area (Å²) in [5, 5.41) is 10.9. The average molecular weight is 248 g/mol. The van der Waals surface area contributed by atoms with E-state index in [1.807, 2.05) is 0 Å². The number of hydrogen-bond acceptors (Lipinski definition) is 3. The molecule has 0 aliphatic heterocycles. The number of aromatic carboxylic acids is 1. The number of nitrogens with one attached hydrogen (secondary N) is 1. The van der Waals surface area contributed by atoms with Gasteiger partial charge in [-0.3, -0.25) is 0 Å². The smallest absolute Gasteiger partial charge is 0.410 e. The molecule has 0 unspecified atom stereocenters. The van der Waals surface area contributed by atoms with E-state index in [-0.39, 0.29) is 11.4 Å². The molecule has 0 aliphatic carbocycles. The van der Waals surface area contributed by atoms with Crippen molar-refractivity contribution in [2.24, 2.45) is 0 Å². The second kappa shape index (κ2) is 4.23. The summed E-state index contributed by atoms with van der Waals surface area (Å²) in [6.45, 7) is 1.82. The second-order valence-corrected chi connectivity index (χ2v) is 3.95. The number of carbonyl (C=O) groups is 1. The quantitative estimate of drug-likeness (QED) is 0.862. The molecule has 0 aromatic carbocycles. The maximum atomic E-state index is 12.6. The maximum absolute atomic E-state index is 12.6. The Morgan fingerprint density at radius 3 is 2.47 bits per heavy atom. The molecule has 1 heterocycles. The standard InChI is InChI=1S/C10H11F3N2O2/c1-9(2,10(11,12)13)15-7-6(8(16)17)4-3-5-14-7/h3-5H,1-2H3,(H,14,15)(H,16,17). The van der Waals surface area contributed by atoms with E-state index in [1.165, 1.54) is 18.3 Å². The van der Waals surface area contributed by atoms with Crippen molar-refractivity contribution in [1.82, 2.24) is 4.98 Å². The summed E-state index contributed by atoms with van der Waals surface area (Å²) in [6.07, 6.45) is -3.29. The molecule has 0 atom stereocenters. The van der Waals surface area contributed by atoms with Gasteiger partial charge < -0.3 is 10.4 Å². The van der Waals surface area contributed by atoms with Crippen LogP contribution in [0.4, 0.5) is 19.0 Å². The third-order valence-corrected chi connectivity index (χ3v) is 2.18. The van der Waals surface area contributed by atoms with Crippen molar-refractivity contribution in [3.8, 4) is 0 Å². The van der Waals surface area contributed by atoms with Gasteiger partial charge in [-0.15, -0.1) is 0 Å². The van der Waals surface area contributed by atoms with Crippen molar-refractivity contribution in [3.05, 3.63) is 23.9 Å². The van der Waals surface area contributed by atoms with Gasteiger partial charge in [0.15, 0.2) is 0 Å². The van der Waals surface area contributed by atoms with Crippen LogP contribution >= 0.6 is 0 Å². The average Bonchev–Trinajstić information content (AvgIpc) is 2.15. The van der Waals surface area contributed by atoms with Gasteiger partial charge in [0.2, 0.25) is 0 Å². The molecule has 1 aromatic rings. The van der Waals surface area contributed by atoms with Crippen LogP contribution in [0, 0.1) is 0 Å². The summed E-state index contributed by atoms with van der Waals surface area (Å²) in [4.78, 5) is 14.4. The molecule has 7 heteroatoms. The van der Waals surface area contributed by atoms with Crippen molar-refractivity contribution in [3.63, 3.8) is 0 Å². The van der Waals surface area contributed by atoms with Crippen LogP contribution in [-0.2, 0) is 0 Å². The highest BCUT2D eigenvalue weighted by molar-refractivity contribution is 5.93. The van der Waals surface area contributed by atoms with Gasteiger partial charge in [-0.05, 0) is 26.0 Å². The Kier molecular flexibility index (Phi) is 3.30. The highest BCUT2D eigenvalue weighted by Gasteiger charge is 2.48. The molecule has 0 spiro atoms. The summed E-state index contributed by atoms with van der Waals surface area (Å²) < 4.78 is 37.8. The molecule has 2 N–H and O–H groups in total. The molecular formula is C10H11F3N2O2. The van der Waals surface area contributed by atoms with E-state index in [0.29, 0.717) is 0 Å². The number of nitrogens with zero attached hydrogens (tertiary/aromatic N) is 1. The lowest BCUT2D eigenvalue weighted by atomic mass is 10.0. The fraction of sp³-hybridized carbons (Fsp3) is 0.400. The van der Waals surface area contributed by atoms with Gasteiger partial charge in [-0.2, -0.15) is 13.2 Å². The molecule has 1 aromatic heterocycles. The van der Waals surface area contributed by atoms with Crippen molar-refractivity contribution >= 4 is 11.8 Å². The molecule has 0 radical (unpaired) electrons. The Balaban J connectivity index is 3.08. The SMILES string of the molecule is CC(C)(Nc1ncccc1C(=O)O)C(F)(F)F. The lowest BCUT2D eigenvalue weighted by Crippen LogP contribution is -2.46. The number of carboxylic acids is 1. The van der Waals surface area contributed by atoms with Gasteiger partial charge >= 0.3 is 12.1 Å². The van der Waals surface area contributed by atoms with Gasteiger partial charge in [-0.25, -0.2) is 9.78 Å². The zero-order valence-corrected chi connectivity index (χ0v) is 9.17. The maximum Gasteiger partial charge on any atom is 0.410 e. The Labute approximate surface area is 95.5 Å². The number of halogens is 3. The van der Waals surface area contributed by atoms with Gasteiger partial charge in [0, 0.05) is 6.20 Å². The lowest BCUT2D eigenvalue weighted by molar-refractivity contribution is -0.168. The van der Waals surface area contributed by atoms with Crippen molar-refractivity contribution < 1.29 is 23.1 Å². The van der Waals surface area contributed by atoms with Crippen LogP contribution in [0.2, 0.25) is 0 Å². The fourth-order valence-corrected chi connectivity index (χ4v) is 1.04. The van der Waals surface area contributed by atoms with Gasteiger partial charge in [-0.1, -0.05) is 0 Å². The number of aromatic nitrogens is 1. The topological polar surface area (TPSA) is 62.2 Å². The van der Waals surface area contributed by atoms with Crippen LogP contribution in [0.1, 0.15) is 24.2 Å². The summed E-state index contributed by atoms with van der Waals surface area (Å²) in [5.41, 5.74) is -2.56. The summed E-state index contributed by atoms with van der Waals surface area (Å²) in [7, 11) is 0. The highest BCUT2D eigenvalue weighted by atomic mass is 19.4. The van der Waals surface area contributed by atoms with Crippen LogP contribution < -0.4 is 5.32 Å². The minimum absolute atomic E-state index is 0.301. The molecule has 17 heavy (non-hydrogen) atoms. The molecule has 0 aliphatic rings. The number of carboxylic acid groups (broad SMARTS) is 1. The van der Waals surface area contributed by atoms with Crippen molar-refractivity contribution in [2.75, 3.05) is 5.32 Å². The van der Waals surface area contributed by atoms with E-state index in [0.717, 1.165) is 13.8 Å². The third kappa shape index (κ3) is 2.86. The Hall–Kier alpha value is -1.79. The predicted molar refractivity (Wildman–Crippen MR) is 55.0 cm³/mol. The van der Waals surface area contributed by atoms with Crippen LogP contribution in [0.5, 0.6) is 0 Å². The molecule has 0 amide bonds. The fourth-order valence-electron chi connectivity index (χ4n) is 1.04. The zero-order valence-electron chi connectivity index (χ0n) is 9.17. The number of alkyl halides is 3. The Morgan fingerprint density at radius 2 is 2.00 bits per heavy atom. The van der Waals surface area contributed by atoms with E-state index in [2.05, 4.69) is 10.3 Å². The molecule has 0 bridgehead atoms. The highest BCUT2D eigenvalue weighted by Crippen LogP contribution is 2.32. The van der Waals surface area contributed by atoms with Crippen LogP contribution in [0.3, 0.4) is 0 Å². The number of hydrogen-bond donors (Lipinski definition) is 2. The largest absolute Gasteiger partial charge is 0.478 e. The summed E-state index contributed by atoms with van der Waals surface area (Å²) in [6, 6.07) is 2.53. The van der Waals surface area contributed by atoms with Crippen LogP contribution in [-0.4, -0.2) is 27.8 Å². The normalized spacial score (nSPS) is 12.3. The first kappa shape index (κ1) is 13.3. The van der Waals surface area contributed by atoms with E-state index >= 15 is 0 Å². The van der Waals surface area contributed by atoms with Crippen LogP contribution in [0.25, 0.3) is 0 Å². The van der Waals surface area contributed by atoms with Crippen LogP contribution in [0.15, 0.2) is 18.3 Å². The predicted octanol–water partition coefficient (Wildman–Crippen LogP) is 2.53. The molecular weight excluding hydrogens is 237 g/mol. The van der Waals surface area contributed by atoms with Gasteiger partial charge in [0.05, 0.1) is 0 Å². The van der Waals surface area contributed by atoms with E-state index in [9.17, 15) is 18.0 Å². The number of pyridine rings is 1. The third-order valence-electron chi connectivity index (χ3n) is 2.18. The first-order chi connectivity index (χ1) is 7.65. The van der Waals surface area contributed by atoms with Crippen molar-refractivity contribution in [1.29, 1.82) is 0 Å². The molecule has 1 rings (SSSR count). The van der Waals surface area contributed by atoms with Gasteiger partial charge in [0.25, 0.3) is 0 Å².